The summed E-state index contributed by atoms with van der Waals surface area (Å²) in [4.78, 5) is 25.3. The predicted molar refractivity (Wildman–Crippen MR) is 59.2 cm³/mol. The molecule has 1 heterocycles. The topological polar surface area (TPSA) is 66.9 Å². The van der Waals surface area contributed by atoms with Crippen LogP contribution < -0.4 is 16.6 Å². The van der Waals surface area contributed by atoms with Gasteiger partial charge in [0.2, 0.25) is 0 Å². The fraction of sp³-hybridized carbons (Fsp3) is 0.600. The molecule has 0 saturated carbocycles. The number of aromatic amines is 1. The van der Waals surface area contributed by atoms with Gasteiger partial charge in [-0.1, -0.05) is 13.8 Å². The van der Waals surface area contributed by atoms with E-state index >= 15 is 0 Å². The normalized spacial score (nSPS) is 13.1. The highest BCUT2D eigenvalue weighted by Gasteiger charge is 2.10. The van der Waals surface area contributed by atoms with Crippen molar-refractivity contribution in [2.75, 3.05) is 7.05 Å². The third-order valence-corrected chi connectivity index (χ3v) is 2.45. The van der Waals surface area contributed by atoms with Crippen LogP contribution >= 0.6 is 0 Å². The van der Waals surface area contributed by atoms with Crippen molar-refractivity contribution >= 4 is 0 Å². The number of nitrogens with one attached hydrogen (secondary N) is 2. The molecule has 0 spiro atoms. The van der Waals surface area contributed by atoms with Gasteiger partial charge in [-0.15, -0.1) is 0 Å². The van der Waals surface area contributed by atoms with E-state index in [4.69, 9.17) is 0 Å². The highest BCUT2D eigenvalue weighted by Crippen LogP contribution is 2.08. The summed E-state index contributed by atoms with van der Waals surface area (Å²) in [6, 6.07) is 0. The molecule has 1 aromatic rings. The highest BCUT2D eigenvalue weighted by molar-refractivity contribution is 5.09. The van der Waals surface area contributed by atoms with Crippen LogP contribution in [0.25, 0.3) is 0 Å². The van der Waals surface area contributed by atoms with Gasteiger partial charge in [0.15, 0.2) is 0 Å². The van der Waals surface area contributed by atoms with Gasteiger partial charge in [0.05, 0.1) is 6.17 Å². The molecule has 15 heavy (non-hydrogen) atoms. The smallest absolute Gasteiger partial charge is 0.300 e. The minimum Gasteiger partial charge on any atom is -0.300 e. The molecule has 1 rings (SSSR count). The van der Waals surface area contributed by atoms with Crippen LogP contribution in [-0.4, -0.2) is 16.6 Å². The lowest BCUT2D eigenvalue weighted by Crippen LogP contribution is -2.37. The van der Waals surface area contributed by atoms with Crippen molar-refractivity contribution in [3.8, 4) is 0 Å². The zero-order chi connectivity index (χ0) is 11.6. The second-order valence-corrected chi connectivity index (χ2v) is 3.87. The average molecular weight is 211 g/mol. The van der Waals surface area contributed by atoms with E-state index in [0.29, 0.717) is 5.56 Å². The maximum Gasteiger partial charge on any atom is 0.329 e. The van der Waals surface area contributed by atoms with Crippen LogP contribution in [0, 0.1) is 0 Å². The van der Waals surface area contributed by atoms with E-state index < -0.39 is 0 Å². The summed E-state index contributed by atoms with van der Waals surface area (Å²) in [7, 11) is 1.76. The second-order valence-electron chi connectivity index (χ2n) is 3.87. The Morgan fingerprint density at radius 3 is 2.40 bits per heavy atom. The summed E-state index contributed by atoms with van der Waals surface area (Å²) in [6.45, 7) is 5.69. The van der Waals surface area contributed by atoms with E-state index in [1.54, 1.807) is 13.2 Å². The van der Waals surface area contributed by atoms with Crippen molar-refractivity contribution < 1.29 is 0 Å². The van der Waals surface area contributed by atoms with Gasteiger partial charge < -0.3 is 5.32 Å². The van der Waals surface area contributed by atoms with E-state index in [1.807, 2.05) is 20.8 Å². The quantitative estimate of drug-likeness (QED) is 0.760. The minimum atomic E-state index is -0.383. The van der Waals surface area contributed by atoms with Crippen LogP contribution in [0.15, 0.2) is 15.8 Å². The largest absolute Gasteiger partial charge is 0.329 e. The molecule has 1 unspecified atom stereocenters. The van der Waals surface area contributed by atoms with Crippen LogP contribution in [0.2, 0.25) is 0 Å². The van der Waals surface area contributed by atoms with Crippen molar-refractivity contribution in [1.82, 2.24) is 14.9 Å². The van der Waals surface area contributed by atoms with Crippen LogP contribution in [0.5, 0.6) is 0 Å². The molecule has 0 bridgehead atoms. The highest BCUT2D eigenvalue weighted by atomic mass is 16.2. The molecule has 0 aromatic carbocycles. The zero-order valence-corrected chi connectivity index (χ0v) is 9.50. The van der Waals surface area contributed by atoms with Gasteiger partial charge in [0.25, 0.3) is 5.56 Å². The van der Waals surface area contributed by atoms with Crippen LogP contribution in [0.4, 0.5) is 0 Å². The fourth-order valence-electron chi connectivity index (χ4n) is 1.34. The number of hydrogen-bond acceptors (Lipinski definition) is 3. The Hall–Kier alpha value is -1.36. The van der Waals surface area contributed by atoms with Crippen LogP contribution in [0.3, 0.4) is 0 Å². The molecule has 0 aliphatic carbocycles. The summed E-state index contributed by atoms with van der Waals surface area (Å²) in [5.41, 5.74) is -0.0579. The van der Waals surface area contributed by atoms with E-state index in [-0.39, 0.29) is 23.3 Å². The molecule has 84 valence electrons. The molecular formula is C10H17N3O2. The third-order valence-electron chi connectivity index (χ3n) is 2.45. The number of H-pyrrole nitrogens is 1. The molecule has 5 nitrogen and oxygen atoms in total. The molecule has 1 atom stereocenters. The first-order chi connectivity index (χ1) is 6.97. The van der Waals surface area contributed by atoms with Gasteiger partial charge in [-0.3, -0.25) is 14.3 Å². The molecule has 0 saturated heterocycles. The van der Waals surface area contributed by atoms with E-state index in [0.717, 1.165) is 0 Å². The first-order valence-electron chi connectivity index (χ1n) is 5.00. The molecule has 1 aromatic heterocycles. The van der Waals surface area contributed by atoms with Crippen molar-refractivity contribution in [3.05, 3.63) is 32.6 Å². The Bertz CT molecular complexity index is 445. The molecule has 0 fully saturated rings. The molecule has 0 radical (unpaired) electrons. The van der Waals surface area contributed by atoms with Crippen molar-refractivity contribution in [2.24, 2.45) is 0 Å². The van der Waals surface area contributed by atoms with E-state index in [9.17, 15) is 9.59 Å². The number of nitrogens with zero attached hydrogens (tertiary/aromatic N) is 1. The standard InChI is InChI=1S/C10H17N3O2/c1-6(2)8-5-13(7(3)11-4)10(15)12-9(8)14/h5-7,11H,1-4H3,(H,12,14,15). The predicted octanol–water partition coefficient (Wildman–Crippen LogP) is 0.398. The first-order valence-corrected chi connectivity index (χ1v) is 5.00. The lowest BCUT2D eigenvalue weighted by Gasteiger charge is -2.15. The monoisotopic (exact) mass is 211 g/mol. The third kappa shape index (κ3) is 2.36. The second kappa shape index (κ2) is 4.44. The summed E-state index contributed by atoms with van der Waals surface area (Å²) >= 11 is 0. The molecule has 0 aliphatic heterocycles. The number of hydrogen-bond donors (Lipinski definition) is 2. The van der Waals surface area contributed by atoms with E-state index in [2.05, 4.69) is 10.3 Å². The van der Waals surface area contributed by atoms with Crippen molar-refractivity contribution in [3.63, 3.8) is 0 Å². The summed E-state index contributed by atoms with van der Waals surface area (Å²) in [5, 5.41) is 2.95. The van der Waals surface area contributed by atoms with Gasteiger partial charge >= 0.3 is 5.69 Å². The zero-order valence-electron chi connectivity index (χ0n) is 9.50. The Balaban J connectivity index is 3.36. The van der Waals surface area contributed by atoms with Crippen molar-refractivity contribution in [1.29, 1.82) is 0 Å². The Labute approximate surface area is 88.1 Å². The fourth-order valence-corrected chi connectivity index (χ4v) is 1.34. The van der Waals surface area contributed by atoms with Crippen LogP contribution in [0.1, 0.15) is 38.4 Å². The summed E-state index contributed by atoms with van der Waals surface area (Å²) in [5.74, 6) is 0.102. The number of rotatable bonds is 3. The summed E-state index contributed by atoms with van der Waals surface area (Å²) in [6.07, 6.45) is 1.49. The lowest BCUT2D eigenvalue weighted by molar-refractivity contribution is 0.450. The van der Waals surface area contributed by atoms with E-state index in [1.165, 1.54) is 4.57 Å². The molecule has 5 heteroatoms. The number of aromatic nitrogens is 2. The Morgan fingerprint density at radius 2 is 1.93 bits per heavy atom. The SMILES string of the molecule is CNC(C)n1cc(C(C)C)c(=O)[nH]c1=O. The average Bonchev–Trinajstić information content (AvgIpc) is 2.16. The summed E-state index contributed by atoms with van der Waals surface area (Å²) < 4.78 is 1.48. The first kappa shape index (κ1) is 11.7. The molecule has 0 amide bonds. The Kier molecular flexibility index (Phi) is 3.47. The molecular weight excluding hydrogens is 194 g/mol. The van der Waals surface area contributed by atoms with Crippen LogP contribution in [-0.2, 0) is 0 Å². The van der Waals surface area contributed by atoms with Gasteiger partial charge in [-0.25, -0.2) is 4.79 Å². The molecule has 2 N–H and O–H groups in total. The van der Waals surface area contributed by atoms with Gasteiger partial charge in [0, 0.05) is 11.8 Å². The maximum atomic E-state index is 11.5. The van der Waals surface area contributed by atoms with Gasteiger partial charge in [-0.05, 0) is 19.9 Å². The Morgan fingerprint density at radius 1 is 1.33 bits per heavy atom. The van der Waals surface area contributed by atoms with Crippen molar-refractivity contribution in [2.45, 2.75) is 32.9 Å². The lowest BCUT2D eigenvalue weighted by atomic mass is 10.1. The van der Waals surface area contributed by atoms with Gasteiger partial charge in [0.1, 0.15) is 0 Å². The molecule has 0 aliphatic rings. The minimum absolute atomic E-state index is 0.102. The van der Waals surface area contributed by atoms with Gasteiger partial charge in [-0.2, -0.15) is 0 Å². The maximum absolute atomic E-state index is 11.5.